The Kier molecular flexibility index (Phi) is 4.81. The molecule has 0 bridgehead atoms. The molecule has 0 heterocycles. The molecule has 0 amide bonds. The Morgan fingerprint density at radius 3 is 2.71 bits per heavy atom. The zero-order valence-corrected chi connectivity index (χ0v) is 12.8. The highest BCUT2D eigenvalue weighted by molar-refractivity contribution is 5.37. The monoisotopic (exact) mass is 292 g/mol. The summed E-state index contributed by atoms with van der Waals surface area (Å²) in [6, 6.07) is 5.86. The van der Waals surface area contributed by atoms with Gasteiger partial charge in [-0.2, -0.15) is 0 Å². The van der Waals surface area contributed by atoms with E-state index in [9.17, 15) is 8.78 Å². The first-order chi connectivity index (χ1) is 9.96. The van der Waals surface area contributed by atoms with E-state index < -0.39 is 11.8 Å². The zero-order valence-electron chi connectivity index (χ0n) is 12.8. The van der Waals surface area contributed by atoms with Crippen LogP contribution in [0.2, 0.25) is 0 Å². The summed E-state index contributed by atoms with van der Waals surface area (Å²) in [4.78, 5) is 0. The molecule has 1 aliphatic carbocycles. The number of ether oxygens (including phenoxy) is 1. The second-order valence-corrected chi connectivity index (χ2v) is 5.47. The van der Waals surface area contributed by atoms with Crippen LogP contribution in [0.15, 0.2) is 42.2 Å². The maximum atomic E-state index is 13.8. The number of hydrogen-bond donors (Lipinski definition) is 0. The number of aryl methyl sites for hydroxylation is 2. The molecule has 0 aromatic heterocycles. The molecule has 0 N–H and O–H groups in total. The molecule has 0 aliphatic heterocycles. The highest BCUT2D eigenvalue weighted by Gasteiger charge is 2.36. The first kappa shape index (κ1) is 15.7. The smallest absolute Gasteiger partial charge is 0.254 e. The van der Waals surface area contributed by atoms with Crippen LogP contribution >= 0.6 is 0 Å². The number of allylic oxidation sites excluding steroid dienone is 3. The molecular weight excluding hydrogens is 270 g/mol. The van der Waals surface area contributed by atoms with Crippen molar-refractivity contribution in [2.24, 2.45) is 5.92 Å². The van der Waals surface area contributed by atoms with Crippen LogP contribution in [0, 0.1) is 12.8 Å². The van der Waals surface area contributed by atoms with Crippen molar-refractivity contribution in [1.29, 1.82) is 0 Å². The average Bonchev–Trinajstić information content (AvgIpc) is 2.49. The molecule has 0 fully saturated rings. The van der Waals surface area contributed by atoms with Crippen LogP contribution in [0.5, 0.6) is 5.75 Å². The molecule has 1 aromatic rings. The molecule has 2 rings (SSSR count). The van der Waals surface area contributed by atoms with Gasteiger partial charge in [0.1, 0.15) is 11.5 Å². The molecule has 1 aromatic carbocycles. The fraction of sp³-hybridized carbons (Fsp3) is 0.444. The Balaban J connectivity index is 2.17. The lowest BCUT2D eigenvalue weighted by atomic mass is 9.91. The normalized spacial score (nSPS) is 18.5. The molecule has 0 radical (unpaired) electrons. The fourth-order valence-corrected chi connectivity index (χ4v) is 2.51. The topological polar surface area (TPSA) is 9.23 Å². The van der Waals surface area contributed by atoms with E-state index in [-0.39, 0.29) is 6.42 Å². The van der Waals surface area contributed by atoms with Crippen LogP contribution in [0.1, 0.15) is 37.8 Å². The summed E-state index contributed by atoms with van der Waals surface area (Å²) >= 11 is 0. The molecule has 1 aliphatic rings. The Hall–Kier alpha value is -1.64. The van der Waals surface area contributed by atoms with Gasteiger partial charge in [-0.3, -0.25) is 0 Å². The summed E-state index contributed by atoms with van der Waals surface area (Å²) in [5.41, 5.74) is 2.43. The van der Waals surface area contributed by atoms with Crippen LogP contribution < -0.4 is 4.74 Å². The largest absolute Gasteiger partial charge is 0.458 e. The van der Waals surface area contributed by atoms with E-state index in [1.165, 1.54) is 18.1 Å². The number of benzene rings is 1. The molecule has 1 atom stereocenters. The second kappa shape index (κ2) is 6.42. The van der Waals surface area contributed by atoms with Crippen LogP contribution in [0.3, 0.4) is 0 Å². The van der Waals surface area contributed by atoms with Crippen molar-refractivity contribution in [2.75, 3.05) is 0 Å². The molecule has 1 unspecified atom stereocenters. The lowest BCUT2D eigenvalue weighted by Gasteiger charge is -2.25. The van der Waals surface area contributed by atoms with Crippen molar-refractivity contribution in [3.63, 3.8) is 0 Å². The van der Waals surface area contributed by atoms with E-state index in [1.54, 1.807) is 18.2 Å². The van der Waals surface area contributed by atoms with Crippen LogP contribution in [-0.2, 0) is 6.42 Å². The third-order valence-corrected chi connectivity index (χ3v) is 3.99. The number of hydrogen-bond acceptors (Lipinski definition) is 1. The van der Waals surface area contributed by atoms with Gasteiger partial charge in [0.15, 0.2) is 0 Å². The number of rotatable bonds is 5. The van der Waals surface area contributed by atoms with Gasteiger partial charge in [0.2, 0.25) is 0 Å². The van der Waals surface area contributed by atoms with Gasteiger partial charge < -0.3 is 4.74 Å². The lowest BCUT2D eigenvalue weighted by molar-refractivity contribution is -0.0438. The predicted octanol–water partition coefficient (Wildman–Crippen LogP) is 5.44. The van der Waals surface area contributed by atoms with Gasteiger partial charge in [0.05, 0.1) is 0 Å². The highest BCUT2D eigenvalue weighted by Crippen LogP contribution is 2.35. The third-order valence-electron chi connectivity index (χ3n) is 3.99. The molecule has 1 nitrogen and oxygen atoms in total. The van der Waals surface area contributed by atoms with Crippen LogP contribution in [0.25, 0.3) is 0 Å². The van der Waals surface area contributed by atoms with Crippen molar-refractivity contribution in [2.45, 2.75) is 46.0 Å². The molecule has 114 valence electrons. The van der Waals surface area contributed by atoms with Gasteiger partial charge in [0, 0.05) is 12.3 Å². The van der Waals surface area contributed by atoms with E-state index in [1.807, 2.05) is 18.2 Å². The number of halogens is 2. The summed E-state index contributed by atoms with van der Waals surface area (Å²) in [6.45, 7) is 5.66. The van der Waals surface area contributed by atoms with Gasteiger partial charge in [0.25, 0.3) is 5.92 Å². The molecule has 0 spiro atoms. The van der Waals surface area contributed by atoms with Crippen molar-refractivity contribution in [1.82, 2.24) is 0 Å². The average molecular weight is 292 g/mol. The van der Waals surface area contributed by atoms with E-state index in [0.717, 1.165) is 6.42 Å². The maximum Gasteiger partial charge on any atom is 0.254 e. The van der Waals surface area contributed by atoms with Gasteiger partial charge in [-0.05, 0) is 55.2 Å². The third kappa shape index (κ3) is 3.72. The van der Waals surface area contributed by atoms with E-state index >= 15 is 0 Å². The minimum atomic E-state index is -2.68. The molecule has 3 heteroatoms. The summed E-state index contributed by atoms with van der Waals surface area (Å²) in [5.74, 6) is -2.25. The van der Waals surface area contributed by atoms with E-state index in [2.05, 4.69) is 13.8 Å². The summed E-state index contributed by atoms with van der Waals surface area (Å²) < 4.78 is 33.3. The van der Waals surface area contributed by atoms with Crippen molar-refractivity contribution in [3.8, 4) is 5.75 Å². The first-order valence-electron chi connectivity index (χ1n) is 7.49. The van der Waals surface area contributed by atoms with Crippen LogP contribution in [0.4, 0.5) is 8.78 Å². The Morgan fingerprint density at radius 2 is 2.05 bits per heavy atom. The van der Waals surface area contributed by atoms with Crippen molar-refractivity contribution < 1.29 is 13.5 Å². The lowest BCUT2D eigenvalue weighted by Crippen LogP contribution is -2.27. The van der Waals surface area contributed by atoms with Gasteiger partial charge in [-0.15, -0.1) is 0 Å². The zero-order chi connectivity index (χ0) is 15.5. The molecular formula is C18H22F2O. The Morgan fingerprint density at radius 1 is 1.29 bits per heavy atom. The molecule has 0 saturated heterocycles. The van der Waals surface area contributed by atoms with Gasteiger partial charge in [-0.1, -0.05) is 26.0 Å². The van der Waals surface area contributed by atoms with E-state index in [4.69, 9.17) is 4.74 Å². The fourth-order valence-electron chi connectivity index (χ4n) is 2.51. The van der Waals surface area contributed by atoms with Crippen LogP contribution in [-0.4, -0.2) is 5.92 Å². The summed E-state index contributed by atoms with van der Waals surface area (Å²) in [5, 5.41) is 0. The van der Waals surface area contributed by atoms with Crippen molar-refractivity contribution >= 4 is 0 Å². The van der Waals surface area contributed by atoms with Gasteiger partial charge >= 0.3 is 0 Å². The Labute approximate surface area is 125 Å². The predicted molar refractivity (Wildman–Crippen MR) is 81.8 cm³/mol. The molecule has 0 saturated carbocycles. The number of alkyl halides is 2. The first-order valence-corrected chi connectivity index (χ1v) is 7.49. The summed E-state index contributed by atoms with van der Waals surface area (Å²) in [6.07, 6.45) is 6.22. The second-order valence-electron chi connectivity index (χ2n) is 5.47. The molecule has 21 heavy (non-hydrogen) atoms. The minimum absolute atomic E-state index is 0.153. The maximum absolute atomic E-state index is 13.8. The standard InChI is InChI=1S/C18H22F2O/c1-4-14-11-17(10-9-13(14)3)21-16-8-6-7-15(12-16)18(19,20)5-2/h6,8-12,15H,4-5,7H2,1-3H3. The van der Waals surface area contributed by atoms with E-state index in [0.29, 0.717) is 17.9 Å². The highest BCUT2D eigenvalue weighted by atomic mass is 19.3. The SMILES string of the molecule is CCc1cc(OC2=CC(C(F)(F)CC)CC=C2)ccc1C. The van der Waals surface area contributed by atoms with Crippen molar-refractivity contribution in [3.05, 3.63) is 53.3 Å². The quantitative estimate of drug-likeness (QED) is 0.702. The Bertz CT molecular complexity index is 558. The summed E-state index contributed by atoms with van der Waals surface area (Å²) in [7, 11) is 0. The minimum Gasteiger partial charge on any atom is -0.458 e. The van der Waals surface area contributed by atoms with Gasteiger partial charge in [-0.25, -0.2) is 8.78 Å².